The topological polar surface area (TPSA) is 96.3 Å². The van der Waals surface area contributed by atoms with Crippen LogP contribution in [0.25, 0.3) is 5.69 Å². The molecule has 1 saturated heterocycles. The Labute approximate surface area is 159 Å². The second-order valence-electron chi connectivity index (χ2n) is 6.79. The molecule has 146 valence electrons. The Morgan fingerprint density at radius 1 is 1.30 bits per heavy atom. The molecule has 2 amide bonds. The summed E-state index contributed by atoms with van der Waals surface area (Å²) >= 11 is 0. The summed E-state index contributed by atoms with van der Waals surface area (Å²) in [6, 6.07) is 9.14. The molecule has 0 saturated carbocycles. The quantitative estimate of drug-likeness (QED) is 0.814. The first-order valence-electron chi connectivity index (χ1n) is 8.97. The van der Waals surface area contributed by atoms with Gasteiger partial charge >= 0.3 is 6.03 Å². The summed E-state index contributed by atoms with van der Waals surface area (Å²) in [7, 11) is -1.87. The largest absolute Gasteiger partial charge is 0.324 e. The molecule has 1 aromatic heterocycles. The normalized spacial score (nSPS) is 17.7. The van der Waals surface area contributed by atoms with Crippen LogP contribution in [0.2, 0.25) is 0 Å². The van der Waals surface area contributed by atoms with Crippen molar-refractivity contribution in [3.63, 3.8) is 0 Å². The van der Waals surface area contributed by atoms with Crippen molar-refractivity contribution in [2.75, 3.05) is 31.2 Å². The van der Waals surface area contributed by atoms with Crippen LogP contribution in [0.15, 0.2) is 36.5 Å². The molecule has 0 spiro atoms. The van der Waals surface area contributed by atoms with Gasteiger partial charge in [0, 0.05) is 19.3 Å². The predicted molar refractivity (Wildman–Crippen MR) is 104 cm³/mol. The number of para-hydroxylation sites is 2. The van der Waals surface area contributed by atoms with Gasteiger partial charge in [-0.15, -0.1) is 0 Å². The SMILES string of the molecule is CNS(=O)(=O)CC1CCCN(C(=O)Nc2ccccc2-n2ccc(C)n2)C1. The van der Waals surface area contributed by atoms with E-state index in [4.69, 9.17) is 0 Å². The lowest BCUT2D eigenvalue weighted by atomic mass is 10.0. The summed E-state index contributed by atoms with van der Waals surface area (Å²) in [6.07, 6.45) is 3.44. The molecule has 1 aromatic carbocycles. The molecular formula is C18H25N5O3S. The van der Waals surface area contributed by atoms with Crippen LogP contribution >= 0.6 is 0 Å². The molecule has 1 atom stereocenters. The molecule has 1 aliphatic rings. The number of rotatable bonds is 5. The first kappa shape index (κ1) is 19.4. The van der Waals surface area contributed by atoms with Crippen molar-refractivity contribution in [2.45, 2.75) is 19.8 Å². The van der Waals surface area contributed by atoms with E-state index >= 15 is 0 Å². The zero-order valence-electron chi connectivity index (χ0n) is 15.6. The number of piperidine rings is 1. The lowest BCUT2D eigenvalue weighted by Crippen LogP contribution is -2.44. The molecule has 8 nitrogen and oxygen atoms in total. The fourth-order valence-electron chi connectivity index (χ4n) is 3.30. The third-order valence-electron chi connectivity index (χ3n) is 4.69. The van der Waals surface area contributed by atoms with Crippen molar-refractivity contribution >= 4 is 21.7 Å². The highest BCUT2D eigenvalue weighted by molar-refractivity contribution is 7.89. The van der Waals surface area contributed by atoms with E-state index in [0.717, 1.165) is 24.2 Å². The average molecular weight is 391 g/mol. The highest BCUT2D eigenvalue weighted by Gasteiger charge is 2.27. The van der Waals surface area contributed by atoms with Crippen LogP contribution in [0.3, 0.4) is 0 Å². The number of carbonyl (C=O) groups is 1. The van der Waals surface area contributed by atoms with Gasteiger partial charge in [0.1, 0.15) is 0 Å². The van der Waals surface area contributed by atoms with Gasteiger partial charge in [-0.05, 0) is 50.9 Å². The van der Waals surface area contributed by atoms with Gasteiger partial charge in [0.2, 0.25) is 10.0 Å². The highest BCUT2D eigenvalue weighted by atomic mass is 32.2. The van der Waals surface area contributed by atoms with Gasteiger partial charge in [-0.25, -0.2) is 22.6 Å². The number of amides is 2. The monoisotopic (exact) mass is 391 g/mol. The zero-order valence-corrected chi connectivity index (χ0v) is 16.4. The number of anilines is 1. The van der Waals surface area contributed by atoms with Crippen molar-refractivity contribution in [3.05, 3.63) is 42.2 Å². The Kier molecular flexibility index (Phi) is 5.81. The Bertz CT molecular complexity index is 909. The van der Waals surface area contributed by atoms with Gasteiger partial charge in [0.15, 0.2) is 0 Å². The zero-order chi connectivity index (χ0) is 19.4. The summed E-state index contributed by atoms with van der Waals surface area (Å²) in [5.41, 5.74) is 2.33. The molecule has 0 radical (unpaired) electrons. The van der Waals surface area contributed by atoms with Crippen LogP contribution in [0, 0.1) is 12.8 Å². The van der Waals surface area contributed by atoms with Crippen LogP contribution in [0.1, 0.15) is 18.5 Å². The minimum absolute atomic E-state index is 0.0381. The molecular weight excluding hydrogens is 366 g/mol. The second kappa shape index (κ2) is 8.10. The molecule has 9 heteroatoms. The number of hydrogen-bond acceptors (Lipinski definition) is 4. The number of aromatic nitrogens is 2. The van der Waals surface area contributed by atoms with Gasteiger partial charge in [0.05, 0.1) is 22.8 Å². The summed E-state index contributed by atoms with van der Waals surface area (Å²) in [4.78, 5) is 14.4. The molecule has 3 rings (SSSR count). The number of aryl methyl sites for hydroxylation is 1. The Hall–Kier alpha value is -2.39. The molecule has 1 unspecified atom stereocenters. The van der Waals surface area contributed by atoms with Crippen molar-refractivity contribution in [1.82, 2.24) is 19.4 Å². The molecule has 0 bridgehead atoms. The van der Waals surface area contributed by atoms with E-state index in [9.17, 15) is 13.2 Å². The van der Waals surface area contributed by atoms with E-state index in [1.807, 2.05) is 43.5 Å². The minimum Gasteiger partial charge on any atom is -0.324 e. The lowest BCUT2D eigenvalue weighted by Gasteiger charge is -2.32. The second-order valence-corrected chi connectivity index (χ2v) is 8.76. The summed E-state index contributed by atoms with van der Waals surface area (Å²) < 4.78 is 27.7. The molecule has 1 fully saturated rings. The average Bonchev–Trinajstić information content (AvgIpc) is 3.08. The molecule has 2 N–H and O–H groups in total. The maximum Gasteiger partial charge on any atom is 0.321 e. The van der Waals surface area contributed by atoms with Crippen LogP contribution < -0.4 is 10.0 Å². The van der Waals surface area contributed by atoms with Crippen LogP contribution in [0.4, 0.5) is 10.5 Å². The van der Waals surface area contributed by atoms with Crippen LogP contribution in [-0.2, 0) is 10.0 Å². The van der Waals surface area contributed by atoms with Gasteiger partial charge in [-0.1, -0.05) is 12.1 Å². The number of nitrogens with zero attached hydrogens (tertiary/aromatic N) is 3. The van der Waals surface area contributed by atoms with E-state index in [1.54, 1.807) is 9.58 Å². The van der Waals surface area contributed by atoms with Gasteiger partial charge < -0.3 is 10.2 Å². The maximum absolute atomic E-state index is 12.8. The van der Waals surface area contributed by atoms with E-state index in [0.29, 0.717) is 18.8 Å². The third kappa shape index (κ3) is 4.86. The first-order chi connectivity index (χ1) is 12.9. The van der Waals surface area contributed by atoms with Crippen molar-refractivity contribution in [3.8, 4) is 5.69 Å². The fraction of sp³-hybridized carbons (Fsp3) is 0.444. The number of hydrogen-bond donors (Lipinski definition) is 2. The summed E-state index contributed by atoms with van der Waals surface area (Å²) in [6.45, 7) is 2.95. The standard InChI is InChI=1S/C18H25N5O3S/c1-14-9-11-23(21-14)17-8-4-3-7-16(17)20-18(24)22-10-5-6-15(12-22)13-27(25,26)19-2/h3-4,7-9,11,15,19H,5-6,10,12-13H2,1-2H3,(H,20,24). The van der Waals surface area contributed by atoms with E-state index in [1.165, 1.54) is 7.05 Å². The molecule has 2 aromatic rings. The summed E-state index contributed by atoms with van der Waals surface area (Å²) in [5.74, 6) is -0.0258. The van der Waals surface area contributed by atoms with Crippen molar-refractivity contribution in [2.24, 2.45) is 5.92 Å². The Morgan fingerprint density at radius 2 is 2.07 bits per heavy atom. The fourth-order valence-corrected chi connectivity index (χ4v) is 4.36. The lowest BCUT2D eigenvalue weighted by molar-refractivity contribution is 0.182. The van der Waals surface area contributed by atoms with E-state index in [2.05, 4.69) is 15.1 Å². The molecule has 1 aliphatic heterocycles. The number of sulfonamides is 1. The van der Waals surface area contributed by atoms with Crippen molar-refractivity contribution < 1.29 is 13.2 Å². The Morgan fingerprint density at radius 3 is 2.78 bits per heavy atom. The number of benzene rings is 1. The first-order valence-corrected chi connectivity index (χ1v) is 10.6. The molecule has 2 heterocycles. The van der Waals surface area contributed by atoms with E-state index in [-0.39, 0.29) is 17.7 Å². The number of nitrogens with one attached hydrogen (secondary N) is 2. The smallest absolute Gasteiger partial charge is 0.321 e. The molecule has 0 aliphatic carbocycles. The van der Waals surface area contributed by atoms with Crippen LogP contribution in [0.5, 0.6) is 0 Å². The highest BCUT2D eigenvalue weighted by Crippen LogP contribution is 2.22. The number of likely N-dealkylation sites (tertiary alicyclic amines) is 1. The minimum atomic E-state index is -3.29. The van der Waals surface area contributed by atoms with Gasteiger partial charge in [-0.3, -0.25) is 0 Å². The van der Waals surface area contributed by atoms with Crippen molar-refractivity contribution in [1.29, 1.82) is 0 Å². The third-order valence-corrected chi connectivity index (χ3v) is 6.22. The van der Waals surface area contributed by atoms with Gasteiger partial charge in [0.25, 0.3) is 0 Å². The van der Waals surface area contributed by atoms with Crippen LogP contribution in [-0.4, -0.2) is 55.0 Å². The number of urea groups is 1. The number of carbonyl (C=O) groups excluding carboxylic acids is 1. The predicted octanol–water partition coefficient (Wildman–Crippen LogP) is 1.97. The maximum atomic E-state index is 12.8. The molecule has 27 heavy (non-hydrogen) atoms. The van der Waals surface area contributed by atoms with E-state index < -0.39 is 10.0 Å². The Balaban J connectivity index is 1.71. The summed E-state index contributed by atoms with van der Waals surface area (Å²) in [5, 5.41) is 7.35. The van der Waals surface area contributed by atoms with Gasteiger partial charge in [-0.2, -0.15) is 5.10 Å².